The van der Waals surface area contributed by atoms with Crippen LogP contribution >= 0.6 is 0 Å². The molecule has 4 rings (SSSR count). The molecule has 0 radical (unpaired) electrons. The summed E-state index contributed by atoms with van der Waals surface area (Å²) in [6.07, 6.45) is -0.229. The Morgan fingerprint density at radius 2 is 1.70 bits per heavy atom. The molecule has 0 saturated heterocycles. The Morgan fingerprint density at radius 3 is 2.37 bits per heavy atom. The average molecular weight is 371 g/mol. The number of para-hydroxylation sites is 1. The summed E-state index contributed by atoms with van der Waals surface area (Å²) in [7, 11) is 0. The van der Waals surface area contributed by atoms with E-state index in [1.165, 1.54) is 12.1 Å². The molecule has 0 saturated carbocycles. The number of fused-ring (bicyclic) bond motifs is 1. The van der Waals surface area contributed by atoms with Crippen LogP contribution in [0.5, 0.6) is 0 Å². The first-order chi connectivity index (χ1) is 12.8. The van der Waals surface area contributed by atoms with Crippen molar-refractivity contribution in [3.8, 4) is 5.69 Å². The minimum absolute atomic E-state index is 0.123. The number of hydrogen-bond acceptors (Lipinski definition) is 0. The second kappa shape index (κ2) is 6.41. The minimum atomic E-state index is -4.39. The molecular weight excluding hydrogens is 354 g/mol. The van der Waals surface area contributed by atoms with E-state index in [4.69, 9.17) is 0 Å². The zero-order valence-corrected chi connectivity index (χ0v) is 14.6. The molecule has 1 nitrogen and oxygen atoms in total. The number of rotatable bonds is 2. The van der Waals surface area contributed by atoms with Gasteiger partial charge in [0, 0.05) is 16.6 Å². The molecule has 27 heavy (non-hydrogen) atoms. The van der Waals surface area contributed by atoms with Crippen LogP contribution < -0.4 is 0 Å². The fourth-order valence-electron chi connectivity index (χ4n) is 3.47. The Labute approximate surface area is 154 Å². The molecule has 1 aliphatic rings. The highest BCUT2D eigenvalue weighted by Gasteiger charge is 2.30. The van der Waals surface area contributed by atoms with Crippen LogP contribution in [0.2, 0.25) is 0 Å². The van der Waals surface area contributed by atoms with Crippen molar-refractivity contribution in [1.82, 2.24) is 4.57 Å². The maximum Gasteiger partial charge on any atom is 0.416 e. The van der Waals surface area contributed by atoms with Crippen molar-refractivity contribution in [2.45, 2.75) is 19.5 Å². The van der Waals surface area contributed by atoms with Crippen LogP contribution in [0.3, 0.4) is 0 Å². The van der Waals surface area contributed by atoms with E-state index in [1.54, 1.807) is 6.08 Å². The molecule has 2 aromatic carbocycles. The number of hydrogen-bond donors (Lipinski definition) is 0. The van der Waals surface area contributed by atoms with Crippen LogP contribution in [0.25, 0.3) is 22.2 Å². The number of allylic oxidation sites excluding steroid dienone is 4. The highest BCUT2D eigenvalue weighted by molar-refractivity contribution is 5.90. The van der Waals surface area contributed by atoms with Crippen molar-refractivity contribution in [3.63, 3.8) is 0 Å². The Bertz CT molecular complexity index is 1050. The van der Waals surface area contributed by atoms with Crippen LogP contribution in [0.15, 0.2) is 72.6 Å². The van der Waals surface area contributed by atoms with E-state index < -0.39 is 11.7 Å². The number of aromatic nitrogens is 1. The number of nitrogens with zero attached hydrogens (tertiary/aromatic N) is 1. The summed E-state index contributed by atoms with van der Waals surface area (Å²) < 4.78 is 55.2. The van der Waals surface area contributed by atoms with Crippen molar-refractivity contribution in [3.05, 3.63) is 83.8 Å². The van der Waals surface area contributed by atoms with E-state index >= 15 is 0 Å². The highest BCUT2D eigenvalue weighted by Crippen LogP contribution is 2.37. The van der Waals surface area contributed by atoms with Gasteiger partial charge in [0.1, 0.15) is 5.83 Å². The van der Waals surface area contributed by atoms with Crippen LogP contribution in [-0.4, -0.2) is 4.57 Å². The smallest absolute Gasteiger partial charge is 0.309 e. The molecule has 1 atom stereocenters. The molecule has 3 aromatic rings. The van der Waals surface area contributed by atoms with Crippen molar-refractivity contribution >= 4 is 16.5 Å². The molecule has 0 fully saturated rings. The van der Waals surface area contributed by atoms with Gasteiger partial charge in [-0.1, -0.05) is 31.2 Å². The zero-order valence-electron chi connectivity index (χ0n) is 14.6. The molecule has 0 N–H and O–H groups in total. The summed E-state index contributed by atoms with van der Waals surface area (Å²) in [4.78, 5) is 0. The lowest BCUT2D eigenvalue weighted by Crippen LogP contribution is -2.07. The third kappa shape index (κ3) is 3.18. The Balaban J connectivity index is 1.91. The van der Waals surface area contributed by atoms with Gasteiger partial charge in [0.05, 0.1) is 16.8 Å². The summed E-state index contributed by atoms with van der Waals surface area (Å²) in [6, 6.07) is 14.4. The van der Waals surface area contributed by atoms with E-state index in [0.29, 0.717) is 17.0 Å². The predicted molar refractivity (Wildman–Crippen MR) is 99.2 cm³/mol. The second-order valence-electron chi connectivity index (χ2n) is 6.81. The Morgan fingerprint density at radius 1 is 1.00 bits per heavy atom. The van der Waals surface area contributed by atoms with E-state index in [1.807, 2.05) is 47.9 Å². The normalized spacial score (nSPS) is 17.7. The molecule has 1 unspecified atom stereocenters. The van der Waals surface area contributed by atoms with Gasteiger partial charge in [-0.2, -0.15) is 13.2 Å². The molecule has 1 aromatic heterocycles. The minimum Gasteiger partial charge on any atom is -0.309 e. The van der Waals surface area contributed by atoms with Crippen molar-refractivity contribution in [2.75, 3.05) is 0 Å². The third-order valence-corrected chi connectivity index (χ3v) is 4.82. The third-order valence-electron chi connectivity index (χ3n) is 4.82. The van der Waals surface area contributed by atoms with Crippen LogP contribution in [0, 0.1) is 5.92 Å². The fourth-order valence-corrected chi connectivity index (χ4v) is 3.47. The fraction of sp³-hybridized carbons (Fsp3) is 0.182. The van der Waals surface area contributed by atoms with E-state index in [0.717, 1.165) is 29.5 Å². The highest BCUT2D eigenvalue weighted by atomic mass is 19.4. The van der Waals surface area contributed by atoms with Crippen molar-refractivity contribution < 1.29 is 17.6 Å². The van der Waals surface area contributed by atoms with Crippen molar-refractivity contribution in [1.29, 1.82) is 0 Å². The van der Waals surface area contributed by atoms with Gasteiger partial charge in [-0.05, 0) is 54.8 Å². The molecule has 0 bridgehead atoms. The topological polar surface area (TPSA) is 4.93 Å². The van der Waals surface area contributed by atoms with Gasteiger partial charge in [0.25, 0.3) is 0 Å². The van der Waals surface area contributed by atoms with E-state index in [-0.39, 0.29) is 11.7 Å². The standard InChI is InChI=1S/C22H17F4N/c1-14-6-11-18(19(23)12-14)21-13-15-4-2-3-5-20(15)27(21)17-9-7-16(8-10-17)22(24,25)26/h2-5,7-14H,6H2,1H3. The molecule has 0 amide bonds. The average Bonchev–Trinajstić information content (AvgIpc) is 3.00. The van der Waals surface area contributed by atoms with Crippen LogP contribution in [0.4, 0.5) is 17.6 Å². The van der Waals surface area contributed by atoms with Gasteiger partial charge in [-0.15, -0.1) is 0 Å². The quantitative estimate of drug-likeness (QED) is 0.431. The van der Waals surface area contributed by atoms with Gasteiger partial charge in [-0.3, -0.25) is 0 Å². The van der Waals surface area contributed by atoms with E-state index in [9.17, 15) is 17.6 Å². The lowest BCUT2D eigenvalue weighted by Gasteiger charge is -2.18. The summed E-state index contributed by atoms with van der Waals surface area (Å²) in [6.45, 7) is 1.94. The molecule has 0 aliphatic heterocycles. The number of benzene rings is 2. The van der Waals surface area contributed by atoms with E-state index in [2.05, 4.69) is 0 Å². The summed E-state index contributed by atoms with van der Waals surface area (Å²) in [5, 5.41) is 0.903. The van der Waals surface area contributed by atoms with Gasteiger partial charge < -0.3 is 4.57 Å². The summed E-state index contributed by atoms with van der Waals surface area (Å²) >= 11 is 0. The lowest BCUT2D eigenvalue weighted by atomic mass is 9.95. The van der Waals surface area contributed by atoms with Gasteiger partial charge >= 0.3 is 6.18 Å². The molecule has 0 spiro atoms. The first kappa shape index (κ1) is 17.6. The number of alkyl halides is 3. The lowest BCUT2D eigenvalue weighted by molar-refractivity contribution is -0.137. The van der Waals surface area contributed by atoms with Gasteiger partial charge in [-0.25, -0.2) is 4.39 Å². The van der Waals surface area contributed by atoms with Crippen LogP contribution in [0.1, 0.15) is 24.6 Å². The first-order valence-corrected chi connectivity index (χ1v) is 8.71. The molecular formula is C22H17F4N. The van der Waals surface area contributed by atoms with Crippen LogP contribution in [-0.2, 0) is 6.18 Å². The van der Waals surface area contributed by atoms with Crippen molar-refractivity contribution in [2.24, 2.45) is 5.92 Å². The number of halogens is 4. The SMILES string of the molecule is CC1C=C(F)C(c2cc3ccccc3n2-c2ccc(C(F)(F)F)cc2)=CC1. The second-order valence-corrected chi connectivity index (χ2v) is 6.81. The van der Waals surface area contributed by atoms with Gasteiger partial charge in [0.2, 0.25) is 0 Å². The maximum absolute atomic E-state index is 14.7. The van der Waals surface area contributed by atoms with Gasteiger partial charge in [0.15, 0.2) is 0 Å². The summed E-state index contributed by atoms with van der Waals surface area (Å²) in [5.41, 5.74) is 1.79. The molecule has 1 aliphatic carbocycles. The maximum atomic E-state index is 14.7. The predicted octanol–water partition coefficient (Wildman–Crippen LogP) is 6.93. The molecule has 5 heteroatoms. The Kier molecular flexibility index (Phi) is 4.17. The monoisotopic (exact) mass is 371 g/mol. The molecule has 138 valence electrons. The Hall–Kier alpha value is -2.82. The largest absolute Gasteiger partial charge is 0.416 e. The zero-order chi connectivity index (χ0) is 19.2. The summed E-state index contributed by atoms with van der Waals surface area (Å²) in [5.74, 6) is -0.178. The molecule has 1 heterocycles. The first-order valence-electron chi connectivity index (χ1n) is 8.71.